The molecule has 7 saturated carbocycles. The van der Waals surface area contributed by atoms with Crippen LogP contribution in [0.3, 0.4) is 0 Å². The molecule has 0 radical (unpaired) electrons. The molecule has 0 saturated heterocycles. The molecule has 14 atom stereocenters. The van der Waals surface area contributed by atoms with Crippen molar-refractivity contribution in [3.63, 3.8) is 0 Å². The van der Waals surface area contributed by atoms with Crippen LogP contribution in [0.1, 0.15) is 129 Å². The second-order valence-electron chi connectivity index (χ2n) is 20.4. The second-order valence-corrected chi connectivity index (χ2v) is 20.4. The van der Waals surface area contributed by atoms with Gasteiger partial charge in [-0.3, -0.25) is 0 Å². The van der Waals surface area contributed by atoms with Crippen LogP contribution in [0.25, 0.3) is 0 Å². The van der Waals surface area contributed by atoms with Gasteiger partial charge in [-0.2, -0.15) is 0 Å². The van der Waals surface area contributed by atoms with Gasteiger partial charge in [0.05, 0.1) is 22.7 Å². The van der Waals surface area contributed by atoms with E-state index in [0.29, 0.717) is 75.9 Å². The quantitative estimate of drug-likeness (QED) is 0.0806. The van der Waals surface area contributed by atoms with Crippen LogP contribution >= 0.6 is 0 Å². The molecule has 0 aromatic rings. The highest BCUT2D eigenvalue weighted by atomic mass is 16.5. The molecule has 0 aromatic heterocycles. The summed E-state index contributed by atoms with van der Waals surface area (Å²) in [7, 11) is 1.70. The number of hydrogen-bond donors (Lipinski definition) is 5. The Hall–Kier alpha value is -1.62. The highest BCUT2D eigenvalue weighted by Gasteiger charge is 2.83. The van der Waals surface area contributed by atoms with Crippen molar-refractivity contribution < 1.29 is 39.5 Å². The fourth-order valence-electron chi connectivity index (χ4n) is 16.5. The first-order chi connectivity index (χ1) is 26.5. The molecule has 9 heteroatoms. The number of methoxy groups -OCH3 is 1. The van der Waals surface area contributed by atoms with Gasteiger partial charge >= 0.3 is 5.97 Å². The largest absolute Gasteiger partial charge is 0.450 e. The standard InChI is InChI=1S/C46H69NO8/c1-28(29-9-6-7-10-29)30-13-14-36-37(49)15-17-42(27-48)38-16-18-43(33-11-4-3-5-12-33)40-31(24-45(43,52)44(38,51)25-34(22-30)46(36,42)53)21-32(26-47-19-8-20-54-2)41-35(40)23-39(50)55-41/h21,23,27-31,33-34,36-38,40-41,47,49,51-53H,3-20,22,24-26H2,1-2H3/t28-,30-,31+,34+,36-,37-,38+,40+,41-,42-,43-,44-,45+,46-/m0/s1. The Morgan fingerprint density at radius 3 is 2.45 bits per heavy atom. The predicted octanol–water partition coefficient (Wildman–Crippen LogP) is 5.81. The van der Waals surface area contributed by atoms with Crippen LogP contribution < -0.4 is 5.32 Å². The van der Waals surface area contributed by atoms with E-state index in [1.165, 1.54) is 25.7 Å². The number of aliphatic hydroxyl groups is 4. The minimum absolute atomic E-state index is 0.0966. The van der Waals surface area contributed by atoms with E-state index in [9.17, 15) is 30.0 Å². The van der Waals surface area contributed by atoms with E-state index in [1.54, 1.807) is 13.2 Å². The average Bonchev–Trinajstić information content (AvgIpc) is 3.89. The van der Waals surface area contributed by atoms with E-state index < -0.39 is 57.6 Å². The Labute approximate surface area is 328 Å². The van der Waals surface area contributed by atoms with Crippen LogP contribution in [0.15, 0.2) is 23.3 Å². The Morgan fingerprint density at radius 2 is 1.71 bits per heavy atom. The summed E-state index contributed by atoms with van der Waals surface area (Å²) in [5.74, 6) is -0.481. The summed E-state index contributed by atoms with van der Waals surface area (Å²) in [4.78, 5) is 27.3. The third-order valence-corrected chi connectivity index (χ3v) is 18.7. The van der Waals surface area contributed by atoms with E-state index in [0.717, 1.165) is 68.9 Å². The highest BCUT2D eigenvalue weighted by Crippen LogP contribution is 2.78. The normalized spacial score (nSPS) is 48.7. The summed E-state index contributed by atoms with van der Waals surface area (Å²) in [6.07, 6.45) is 19.7. The molecule has 0 bridgehead atoms. The first-order valence-corrected chi connectivity index (χ1v) is 22.6. The van der Waals surface area contributed by atoms with E-state index in [2.05, 4.69) is 18.3 Å². The van der Waals surface area contributed by atoms with Crippen LogP contribution in [0.4, 0.5) is 0 Å². The van der Waals surface area contributed by atoms with E-state index >= 15 is 0 Å². The van der Waals surface area contributed by atoms with Crippen LogP contribution in [-0.4, -0.2) is 88.5 Å². The molecule has 306 valence electrons. The number of fused-ring (bicyclic) bond motifs is 8. The number of allylic oxidation sites excluding steroid dienone is 1. The summed E-state index contributed by atoms with van der Waals surface area (Å²) in [6, 6.07) is 0. The third kappa shape index (κ3) is 5.37. The molecule has 9 nitrogen and oxygen atoms in total. The zero-order chi connectivity index (χ0) is 38.4. The highest BCUT2D eigenvalue weighted by molar-refractivity contribution is 5.87. The molecule has 1 heterocycles. The summed E-state index contributed by atoms with van der Waals surface area (Å²) in [5, 5.41) is 57.0. The Morgan fingerprint density at radius 1 is 0.945 bits per heavy atom. The van der Waals surface area contributed by atoms with Gasteiger partial charge in [0.2, 0.25) is 0 Å². The average molecular weight is 764 g/mol. The number of hydrogen-bond acceptors (Lipinski definition) is 9. The van der Waals surface area contributed by atoms with Gasteiger partial charge in [-0.25, -0.2) is 4.79 Å². The number of carbonyl (C=O) groups is 2. The van der Waals surface area contributed by atoms with Gasteiger partial charge in [-0.15, -0.1) is 0 Å². The van der Waals surface area contributed by atoms with Gasteiger partial charge in [0.1, 0.15) is 18.0 Å². The lowest BCUT2D eigenvalue weighted by Gasteiger charge is -2.72. The Bertz CT molecular complexity index is 1550. The molecule has 1 aliphatic heterocycles. The van der Waals surface area contributed by atoms with Gasteiger partial charge in [0.25, 0.3) is 0 Å². The van der Waals surface area contributed by atoms with Gasteiger partial charge in [-0.1, -0.05) is 57.9 Å². The Balaban J connectivity index is 1.16. The van der Waals surface area contributed by atoms with E-state index in [-0.39, 0.29) is 30.1 Å². The second kappa shape index (κ2) is 14.3. The van der Waals surface area contributed by atoms with Crippen molar-refractivity contribution in [1.82, 2.24) is 5.32 Å². The van der Waals surface area contributed by atoms with Gasteiger partial charge in [-0.05, 0) is 136 Å². The Kier molecular flexibility index (Phi) is 10.1. The van der Waals surface area contributed by atoms with Crippen molar-refractivity contribution >= 4 is 12.3 Å². The van der Waals surface area contributed by atoms with Crippen LogP contribution in [0.2, 0.25) is 0 Å². The monoisotopic (exact) mass is 764 g/mol. The molecular weight excluding hydrogens is 695 g/mol. The van der Waals surface area contributed by atoms with E-state index in [4.69, 9.17) is 9.47 Å². The molecule has 7 fully saturated rings. The molecule has 9 aliphatic rings. The predicted molar refractivity (Wildman–Crippen MR) is 207 cm³/mol. The fraction of sp³-hybridized carbons (Fsp3) is 0.870. The number of esters is 1. The van der Waals surface area contributed by atoms with Crippen molar-refractivity contribution in [2.24, 2.45) is 64.1 Å². The molecule has 0 aromatic carbocycles. The first-order valence-electron chi connectivity index (χ1n) is 22.6. The van der Waals surface area contributed by atoms with E-state index in [1.807, 2.05) is 0 Å². The van der Waals surface area contributed by atoms with Gasteiger partial charge < -0.3 is 40.0 Å². The van der Waals surface area contributed by atoms with Crippen LogP contribution in [-0.2, 0) is 19.1 Å². The van der Waals surface area contributed by atoms with Crippen molar-refractivity contribution in [2.75, 3.05) is 26.8 Å². The molecule has 55 heavy (non-hydrogen) atoms. The summed E-state index contributed by atoms with van der Waals surface area (Å²) in [6.45, 7) is 4.39. The maximum absolute atomic E-state index is 14.2. The van der Waals surface area contributed by atoms with Gasteiger partial charge in [0.15, 0.2) is 0 Å². The fourth-order valence-corrected chi connectivity index (χ4v) is 16.5. The smallest absolute Gasteiger partial charge is 0.331 e. The SMILES string of the molecule is COCCCNCC1=C[C@@H]2C[C@@]3(O)[C@](C4CCCCC4)(CC[C@H]4[C@@]3(O)C[C@H]3C[C@@H]([C@@H](C)C5CCCC5)CC[C@H]5[C@@H](O)CC[C@@]4(C=O)[C@]35O)[C@H]2C2=CC(=O)O[C@@H]12. The summed E-state index contributed by atoms with van der Waals surface area (Å²) in [5.41, 5.74) is -4.60. The molecule has 0 amide bonds. The number of nitrogens with one attached hydrogen (secondary N) is 1. The van der Waals surface area contributed by atoms with Crippen LogP contribution in [0, 0.1) is 64.1 Å². The zero-order valence-corrected chi connectivity index (χ0v) is 33.6. The lowest BCUT2D eigenvalue weighted by Crippen LogP contribution is -2.81. The minimum atomic E-state index is -1.62. The topological polar surface area (TPSA) is 146 Å². The van der Waals surface area contributed by atoms with Crippen molar-refractivity contribution in [3.05, 3.63) is 23.3 Å². The van der Waals surface area contributed by atoms with Crippen LogP contribution in [0.5, 0.6) is 0 Å². The molecule has 8 aliphatic carbocycles. The number of ether oxygens (including phenoxy) is 2. The van der Waals surface area contributed by atoms with Gasteiger partial charge in [0, 0.05) is 43.6 Å². The molecule has 0 spiro atoms. The summed E-state index contributed by atoms with van der Waals surface area (Å²) < 4.78 is 11.4. The number of aldehydes is 1. The zero-order valence-electron chi connectivity index (χ0n) is 33.6. The molecule has 5 N–H and O–H groups in total. The summed E-state index contributed by atoms with van der Waals surface area (Å²) >= 11 is 0. The number of rotatable bonds is 10. The molecule has 9 rings (SSSR count). The lowest BCUT2D eigenvalue weighted by atomic mass is 9.35. The maximum Gasteiger partial charge on any atom is 0.331 e. The number of carbonyl (C=O) groups excluding carboxylic acids is 2. The third-order valence-electron chi connectivity index (χ3n) is 18.7. The van der Waals surface area contributed by atoms with Crippen molar-refractivity contribution in [3.8, 4) is 0 Å². The number of aliphatic hydroxyl groups excluding tert-OH is 1. The van der Waals surface area contributed by atoms with Crippen molar-refractivity contribution in [2.45, 2.75) is 158 Å². The maximum atomic E-state index is 14.2. The molecule has 0 unspecified atom stereocenters. The lowest BCUT2D eigenvalue weighted by molar-refractivity contribution is -0.349. The minimum Gasteiger partial charge on any atom is -0.450 e. The first kappa shape index (κ1) is 38.9. The van der Waals surface area contributed by atoms with Crippen molar-refractivity contribution in [1.29, 1.82) is 0 Å². The molecular formula is C46H69NO8.